The highest BCUT2D eigenvalue weighted by atomic mass is 32.1. The molecule has 0 radical (unpaired) electrons. The first-order valence-electron chi connectivity index (χ1n) is 5.99. The summed E-state index contributed by atoms with van der Waals surface area (Å²) in [6.45, 7) is 7.60. The molecule has 0 aromatic carbocycles. The van der Waals surface area contributed by atoms with Crippen LogP contribution >= 0.6 is 12.2 Å². The van der Waals surface area contributed by atoms with Crippen LogP contribution in [0.4, 0.5) is 0 Å². The summed E-state index contributed by atoms with van der Waals surface area (Å²) in [4.78, 5) is 0. The van der Waals surface area contributed by atoms with Crippen molar-refractivity contribution in [3.05, 3.63) is 0 Å². The van der Waals surface area contributed by atoms with E-state index in [1.54, 1.807) is 0 Å². The van der Waals surface area contributed by atoms with Gasteiger partial charge in [0, 0.05) is 6.54 Å². The van der Waals surface area contributed by atoms with Crippen molar-refractivity contribution in [2.24, 2.45) is 0 Å². The molecule has 3 nitrogen and oxygen atoms in total. The highest BCUT2D eigenvalue weighted by Gasteiger charge is 2.34. The van der Waals surface area contributed by atoms with Crippen LogP contribution in [0.15, 0.2) is 0 Å². The van der Waals surface area contributed by atoms with Crippen LogP contribution in [0.2, 0.25) is 0 Å². The highest BCUT2D eigenvalue weighted by molar-refractivity contribution is 7.80. The SMILES string of the molecule is CCCCN1NC(C)(CCCC)NC1=S. The molecule has 88 valence electrons. The number of unbranched alkanes of at least 4 members (excludes halogenated alkanes) is 2. The van der Waals surface area contributed by atoms with Gasteiger partial charge in [-0.25, -0.2) is 5.43 Å². The van der Waals surface area contributed by atoms with E-state index in [1.807, 2.05) is 0 Å². The quantitative estimate of drug-likeness (QED) is 0.684. The summed E-state index contributed by atoms with van der Waals surface area (Å²) < 4.78 is 0. The third kappa shape index (κ3) is 3.61. The van der Waals surface area contributed by atoms with Crippen LogP contribution in [-0.4, -0.2) is 22.3 Å². The molecular weight excluding hydrogens is 206 g/mol. The van der Waals surface area contributed by atoms with Crippen LogP contribution in [0.5, 0.6) is 0 Å². The zero-order valence-corrected chi connectivity index (χ0v) is 10.9. The number of nitrogens with one attached hydrogen (secondary N) is 2. The summed E-state index contributed by atoms with van der Waals surface area (Å²) >= 11 is 5.31. The molecule has 0 bridgehead atoms. The Kier molecular flexibility index (Phi) is 4.80. The minimum absolute atomic E-state index is 0.0269. The Hall–Kier alpha value is -0.350. The van der Waals surface area contributed by atoms with Crippen molar-refractivity contribution in [3.8, 4) is 0 Å². The van der Waals surface area contributed by atoms with Crippen LogP contribution in [-0.2, 0) is 0 Å². The molecule has 0 aliphatic carbocycles. The van der Waals surface area contributed by atoms with Crippen molar-refractivity contribution in [2.75, 3.05) is 6.54 Å². The van der Waals surface area contributed by atoms with Gasteiger partial charge in [-0.1, -0.05) is 26.7 Å². The van der Waals surface area contributed by atoms with Crippen molar-refractivity contribution in [1.29, 1.82) is 0 Å². The average molecular weight is 229 g/mol. The van der Waals surface area contributed by atoms with Crippen molar-refractivity contribution in [1.82, 2.24) is 15.8 Å². The molecule has 0 amide bonds. The standard InChI is InChI=1S/C11H23N3S/c1-4-6-8-11(3)12-10(15)14(13-11)9-7-5-2/h13H,4-9H2,1-3H3,(H,12,15). The lowest BCUT2D eigenvalue weighted by Gasteiger charge is -2.25. The van der Waals surface area contributed by atoms with Gasteiger partial charge in [-0.2, -0.15) is 0 Å². The summed E-state index contributed by atoms with van der Waals surface area (Å²) in [7, 11) is 0. The van der Waals surface area contributed by atoms with Gasteiger partial charge in [-0.05, 0) is 38.4 Å². The Bertz CT molecular complexity index is 220. The topological polar surface area (TPSA) is 27.3 Å². The second-order valence-corrected chi connectivity index (χ2v) is 4.87. The number of hydrazine groups is 1. The van der Waals surface area contributed by atoms with Crippen molar-refractivity contribution in [2.45, 2.75) is 58.5 Å². The van der Waals surface area contributed by atoms with Gasteiger partial charge < -0.3 is 5.32 Å². The minimum atomic E-state index is -0.0269. The van der Waals surface area contributed by atoms with Gasteiger partial charge in [-0.15, -0.1) is 0 Å². The van der Waals surface area contributed by atoms with Gasteiger partial charge in [0.1, 0.15) is 5.66 Å². The molecule has 1 atom stereocenters. The normalized spacial score (nSPS) is 25.8. The first kappa shape index (κ1) is 12.7. The summed E-state index contributed by atoms with van der Waals surface area (Å²) in [5.74, 6) is 0. The second-order valence-electron chi connectivity index (χ2n) is 4.48. The fourth-order valence-electron chi connectivity index (χ4n) is 1.80. The lowest BCUT2D eigenvalue weighted by Crippen LogP contribution is -2.48. The second kappa shape index (κ2) is 5.66. The molecule has 1 rings (SSSR count). The van der Waals surface area contributed by atoms with E-state index >= 15 is 0 Å². The van der Waals surface area contributed by atoms with E-state index < -0.39 is 0 Å². The molecule has 1 heterocycles. The molecule has 2 N–H and O–H groups in total. The van der Waals surface area contributed by atoms with Gasteiger partial charge in [0.05, 0.1) is 0 Å². The minimum Gasteiger partial charge on any atom is -0.342 e. The Morgan fingerprint density at radius 1 is 1.27 bits per heavy atom. The molecule has 1 saturated heterocycles. The number of hydrogen-bond donors (Lipinski definition) is 2. The van der Waals surface area contributed by atoms with Gasteiger partial charge in [0.2, 0.25) is 0 Å². The molecule has 1 fully saturated rings. The average Bonchev–Trinajstić information content (AvgIpc) is 2.49. The van der Waals surface area contributed by atoms with E-state index in [1.165, 1.54) is 25.7 Å². The molecule has 0 spiro atoms. The third-order valence-corrected chi connectivity index (χ3v) is 3.10. The molecule has 15 heavy (non-hydrogen) atoms. The number of nitrogens with zero attached hydrogens (tertiary/aromatic N) is 1. The summed E-state index contributed by atoms with van der Waals surface area (Å²) in [5.41, 5.74) is 3.44. The molecule has 1 unspecified atom stereocenters. The first-order chi connectivity index (χ1) is 7.11. The maximum atomic E-state index is 5.31. The summed E-state index contributed by atoms with van der Waals surface area (Å²) in [6.07, 6.45) is 5.94. The van der Waals surface area contributed by atoms with E-state index in [0.29, 0.717) is 0 Å². The summed E-state index contributed by atoms with van der Waals surface area (Å²) in [6, 6.07) is 0. The lowest BCUT2D eigenvalue weighted by atomic mass is 10.1. The van der Waals surface area contributed by atoms with Crippen LogP contribution < -0.4 is 10.7 Å². The highest BCUT2D eigenvalue weighted by Crippen LogP contribution is 2.17. The van der Waals surface area contributed by atoms with Gasteiger partial charge >= 0.3 is 0 Å². The lowest BCUT2D eigenvalue weighted by molar-refractivity contribution is 0.216. The predicted octanol–water partition coefficient (Wildman–Crippen LogP) is 2.39. The van der Waals surface area contributed by atoms with Crippen molar-refractivity contribution < 1.29 is 0 Å². The van der Waals surface area contributed by atoms with E-state index in [0.717, 1.165) is 18.1 Å². The van der Waals surface area contributed by atoms with Crippen molar-refractivity contribution in [3.63, 3.8) is 0 Å². The van der Waals surface area contributed by atoms with Gasteiger partial charge in [0.25, 0.3) is 0 Å². The Labute approximate surface area is 98.6 Å². The smallest absolute Gasteiger partial charge is 0.185 e. The first-order valence-corrected chi connectivity index (χ1v) is 6.39. The molecular formula is C11H23N3S. The largest absolute Gasteiger partial charge is 0.342 e. The molecule has 0 saturated carbocycles. The molecule has 4 heteroatoms. The Morgan fingerprint density at radius 2 is 1.93 bits per heavy atom. The molecule has 1 aliphatic rings. The van der Waals surface area contributed by atoms with Gasteiger partial charge in [-0.3, -0.25) is 5.01 Å². The van der Waals surface area contributed by atoms with Crippen molar-refractivity contribution >= 4 is 17.3 Å². The zero-order valence-electron chi connectivity index (χ0n) is 10.1. The van der Waals surface area contributed by atoms with E-state index in [-0.39, 0.29) is 5.66 Å². The molecule has 0 aromatic rings. The fraction of sp³-hybridized carbons (Fsp3) is 0.909. The maximum Gasteiger partial charge on any atom is 0.185 e. The number of rotatable bonds is 6. The zero-order chi connectivity index (χ0) is 11.3. The van der Waals surface area contributed by atoms with Crippen LogP contribution in [0, 0.1) is 0 Å². The van der Waals surface area contributed by atoms with Crippen LogP contribution in [0.3, 0.4) is 0 Å². The molecule has 0 aromatic heterocycles. The van der Waals surface area contributed by atoms with E-state index in [4.69, 9.17) is 12.2 Å². The maximum absolute atomic E-state index is 5.31. The Balaban J connectivity index is 2.42. The van der Waals surface area contributed by atoms with Crippen LogP contribution in [0.25, 0.3) is 0 Å². The third-order valence-electron chi connectivity index (χ3n) is 2.78. The van der Waals surface area contributed by atoms with E-state index in [9.17, 15) is 0 Å². The van der Waals surface area contributed by atoms with E-state index in [2.05, 4.69) is 36.5 Å². The number of hydrogen-bond acceptors (Lipinski definition) is 2. The molecule has 1 aliphatic heterocycles. The fourth-order valence-corrected chi connectivity index (χ4v) is 2.16. The van der Waals surface area contributed by atoms with Gasteiger partial charge in [0.15, 0.2) is 5.11 Å². The van der Waals surface area contributed by atoms with Crippen LogP contribution in [0.1, 0.15) is 52.9 Å². The number of thiocarbonyl (C=S) groups is 1. The Morgan fingerprint density at radius 3 is 2.53 bits per heavy atom. The predicted molar refractivity (Wildman–Crippen MR) is 68.4 cm³/mol. The monoisotopic (exact) mass is 229 g/mol. The summed E-state index contributed by atoms with van der Waals surface area (Å²) in [5, 5.41) is 6.30.